The Hall–Kier alpha value is -1.21. The van der Waals surface area contributed by atoms with Crippen molar-refractivity contribution >= 4 is 25.1 Å². The van der Waals surface area contributed by atoms with Crippen LogP contribution in [0.15, 0.2) is 48.5 Å². The van der Waals surface area contributed by atoms with Crippen LogP contribution < -0.4 is 0 Å². The fraction of sp³-hybridized carbons (Fsp3) is 0.143. The highest BCUT2D eigenvalue weighted by molar-refractivity contribution is 7.38. The van der Waals surface area contributed by atoms with Gasteiger partial charge in [0.2, 0.25) is 0 Å². The van der Waals surface area contributed by atoms with E-state index in [9.17, 15) is 0 Å². The average Bonchev–Trinajstić information content (AvgIpc) is 2.49. The maximum atomic E-state index is 8.70. The molecule has 9 nitrogen and oxygen atoms in total. The van der Waals surface area contributed by atoms with E-state index < -0.39 is 25.1 Å². The van der Waals surface area contributed by atoms with E-state index in [-0.39, 0.29) is 0 Å². The molecule has 144 valence electrons. The molecular formula is C14H21O9P3+2. The zero-order valence-corrected chi connectivity index (χ0v) is 16.6. The lowest BCUT2D eigenvalue weighted by Crippen LogP contribution is -1.85. The minimum absolute atomic E-state index is 1.30. The van der Waals surface area contributed by atoms with Crippen molar-refractivity contribution in [2.24, 2.45) is 0 Å². The number of rotatable bonds is 1. The Morgan fingerprint density at radius 1 is 0.731 bits per heavy atom. The number of hydrogen-bond acceptors (Lipinski definition) is 5. The normalized spacial score (nSPS) is 8.85. The summed E-state index contributed by atoms with van der Waals surface area (Å²) in [7, 11) is -8.36. The molecule has 0 aliphatic carbocycles. The zero-order valence-electron chi connectivity index (χ0n) is 13.9. The first-order valence-corrected chi connectivity index (χ1v) is 10.2. The molecule has 0 fully saturated rings. The first-order chi connectivity index (χ1) is 12.0. The summed E-state index contributed by atoms with van der Waals surface area (Å²) < 4.78 is 17.4. The lowest BCUT2D eigenvalue weighted by atomic mass is 9.97. The molecule has 0 saturated carbocycles. The minimum atomic E-state index is -2.87. The molecule has 0 aromatic heterocycles. The van der Waals surface area contributed by atoms with E-state index in [1.165, 1.54) is 22.3 Å². The summed E-state index contributed by atoms with van der Waals surface area (Å²) in [6, 6.07) is 17.0. The molecule has 12 heteroatoms. The summed E-state index contributed by atoms with van der Waals surface area (Å²) in [6.45, 7) is 4.33. The van der Waals surface area contributed by atoms with Crippen molar-refractivity contribution in [2.45, 2.75) is 13.8 Å². The molecule has 7 N–H and O–H groups in total. The van der Waals surface area contributed by atoms with Crippen molar-refractivity contribution in [1.82, 2.24) is 0 Å². The summed E-state index contributed by atoms with van der Waals surface area (Å²) in [4.78, 5) is 50.2. The second kappa shape index (κ2) is 16.0. The van der Waals surface area contributed by atoms with Crippen LogP contribution in [0.5, 0.6) is 0 Å². The van der Waals surface area contributed by atoms with Crippen molar-refractivity contribution in [3.63, 3.8) is 0 Å². The van der Waals surface area contributed by atoms with Gasteiger partial charge in [-0.15, -0.1) is 19.6 Å². The molecule has 2 aromatic rings. The standard InChI is InChI=1S/C14H14.H3O3P.2HO3P/c1-11-7-6-10-14(12(11)2)13-8-4-3-5-9-13;3*1-4(2)3/h3-10H,1-2H3;1-3H;2*(H-,1,2,3)/p+2. The second-order valence-corrected chi connectivity index (χ2v) is 5.93. The van der Waals surface area contributed by atoms with Crippen molar-refractivity contribution in [3.8, 4) is 11.1 Å². The van der Waals surface area contributed by atoms with E-state index in [1.807, 2.05) is 0 Å². The molecule has 2 rings (SSSR count). The average molecular weight is 426 g/mol. The molecule has 0 saturated heterocycles. The van der Waals surface area contributed by atoms with E-state index >= 15 is 0 Å². The van der Waals surface area contributed by atoms with Crippen LogP contribution in [-0.4, -0.2) is 34.3 Å². The Bertz CT molecular complexity index is 643. The fourth-order valence-corrected chi connectivity index (χ4v) is 1.68. The van der Waals surface area contributed by atoms with Crippen LogP contribution in [-0.2, 0) is 9.13 Å². The minimum Gasteiger partial charge on any atom is -0.328 e. The second-order valence-electron chi connectivity index (χ2n) is 4.39. The van der Waals surface area contributed by atoms with Crippen molar-refractivity contribution < 1.29 is 43.4 Å². The van der Waals surface area contributed by atoms with Gasteiger partial charge in [0.25, 0.3) is 0 Å². The van der Waals surface area contributed by atoms with Crippen molar-refractivity contribution in [3.05, 3.63) is 59.7 Å². The molecule has 0 atom stereocenters. The lowest BCUT2D eigenvalue weighted by molar-refractivity contribution is 0.368. The number of hydrogen-bond donors (Lipinski definition) is 7. The van der Waals surface area contributed by atoms with E-state index in [1.54, 1.807) is 0 Å². The van der Waals surface area contributed by atoms with E-state index in [2.05, 4.69) is 62.4 Å². The Morgan fingerprint density at radius 2 is 1.12 bits per heavy atom. The third-order valence-electron chi connectivity index (χ3n) is 2.69. The van der Waals surface area contributed by atoms with Crippen LogP contribution in [0, 0.1) is 13.8 Å². The van der Waals surface area contributed by atoms with Gasteiger partial charge in [-0.1, -0.05) is 48.5 Å². The highest BCUT2D eigenvalue weighted by Crippen LogP contribution is 2.24. The third-order valence-corrected chi connectivity index (χ3v) is 2.69. The predicted molar refractivity (Wildman–Crippen MR) is 99.0 cm³/mol. The number of benzene rings is 2. The predicted octanol–water partition coefficient (Wildman–Crippen LogP) is 2.42. The molecule has 0 unspecified atom stereocenters. The quantitative estimate of drug-likeness (QED) is 0.338. The van der Waals surface area contributed by atoms with E-state index in [0.717, 1.165) is 0 Å². The Morgan fingerprint density at radius 3 is 1.50 bits per heavy atom. The topological polar surface area (TPSA) is 176 Å². The van der Waals surface area contributed by atoms with Crippen LogP contribution in [0.4, 0.5) is 0 Å². The molecule has 0 radical (unpaired) electrons. The highest BCUT2D eigenvalue weighted by Gasteiger charge is 2.01. The smallest absolute Gasteiger partial charge is 0.328 e. The van der Waals surface area contributed by atoms with Gasteiger partial charge in [0, 0.05) is 9.13 Å². The molecule has 0 spiro atoms. The van der Waals surface area contributed by atoms with Crippen molar-refractivity contribution in [2.75, 3.05) is 0 Å². The van der Waals surface area contributed by atoms with E-state index in [4.69, 9.17) is 43.4 Å². The van der Waals surface area contributed by atoms with Gasteiger partial charge in [0.05, 0.1) is 0 Å². The van der Waals surface area contributed by atoms with Gasteiger partial charge in [-0.2, -0.15) is 0 Å². The molecular weight excluding hydrogens is 405 g/mol. The van der Waals surface area contributed by atoms with E-state index in [0.29, 0.717) is 0 Å². The lowest BCUT2D eigenvalue weighted by Gasteiger charge is -2.07. The molecule has 2 aromatic carbocycles. The maximum Gasteiger partial charge on any atom is 0.692 e. The molecule has 26 heavy (non-hydrogen) atoms. The molecule has 0 bridgehead atoms. The summed E-state index contributed by atoms with van der Waals surface area (Å²) >= 11 is 0. The van der Waals surface area contributed by atoms with Crippen LogP contribution in [0.25, 0.3) is 11.1 Å². The Balaban J connectivity index is 0. The number of aryl methyl sites for hydroxylation is 1. The largest absolute Gasteiger partial charge is 0.692 e. The Labute approximate surface area is 153 Å². The van der Waals surface area contributed by atoms with Crippen LogP contribution in [0.2, 0.25) is 0 Å². The summed E-state index contributed by atoms with van der Waals surface area (Å²) in [5.41, 5.74) is 5.37. The van der Waals surface area contributed by atoms with Gasteiger partial charge < -0.3 is 14.7 Å². The molecule has 0 aliphatic rings. The summed E-state index contributed by atoms with van der Waals surface area (Å²) in [5, 5.41) is 0. The van der Waals surface area contributed by atoms with Crippen molar-refractivity contribution in [1.29, 1.82) is 0 Å². The maximum absolute atomic E-state index is 8.70. The zero-order chi connectivity index (χ0) is 20.7. The fourth-order valence-electron chi connectivity index (χ4n) is 1.68. The summed E-state index contributed by atoms with van der Waals surface area (Å²) in [6.07, 6.45) is 0. The van der Waals surface area contributed by atoms with Crippen LogP contribution in [0.1, 0.15) is 11.1 Å². The van der Waals surface area contributed by atoms with Crippen LogP contribution >= 0.6 is 25.1 Å². The van der Waals surface area contributed by atoms with Gasteiger partial charge in [-0.05, 0) is 36.1 Å². The van der Waals surface area contributed by atoms with Gasteiger partial charge in [0.15, 0.2) is 0 Å². The van der Waals surface area contributed by atoms with Gasteiger partial charge in [-0.25, -0.2) is 0 Å². The first-order valence-electron chi connectivity index (χ1n) is 6.67. The van der Waals surface area contributed by atoms with Gasteiger partial charge in [-0.3, -0.25) is 0 Å². The molecule has 0 aliphatic heterocycles. The molecule has 0 heterocycles. The first kappa shape index (κ1) is 27.0. The molecule has 0 amide bonds. The van der Waals surface area contributed by atoms with Gasteiger partial charge >= 0.3 is 25.1 Å². The Kier molecular flexibility index (Phi) is 16.6. The van der Waals surface area contributed by atoms with Crippen LogP contribution in [0.3, 0.4) is 0 Å². The summed E-state index contributed by atoms with van der Waals surface area (Å²) in [5.74, 6) is 0. The monoisotopic (exact) mass is 426 g/mol. The highest BCUT2D eigenvalue weighted by atomic mass is 31.2. The van der Waals surface area contributed by atoms with Gasteiger partial charge in [0.1, 0.15) is 0 Å². The third kappa shape index (κ3) is 17.6. The SMILES string of the molecule is Cc1cccc(-c2ccccc2)c1C.O=[P+](O)O.O=[P+](O)O.OP(O)O.